The highest BCUT2D eigenvalue weighted by Crippen LogP contribution is 2.21. The Morgan fingerprint density at radius 2 is 1.73 bits per heavy atom. The molecule has 0 saturated carbocycles. The maximum Gasteiger partial charge on any atom is 0.306 e. The predicted molar refractivity (Wildman–Crippen MR) is 73.5 cm³/mol. The summed E-state index contributed by atoms with van der Waals surface area (Å²) in [6.07, 6.45) is 0. The Bertz CT molecular complexity index is 807. The molecule has 0 bridgehead atoms. The van der Waals surface area contributed by atoms with Crippen molar-refractivity contribution in [2.45, 2.75) is 11.4 Å². The SMILES string of the molecule is O=[N+]([O-])c1cc(S(=O)(=O)NCc2ccc(F)cc2)ccc1F. The van der Waals surface area contributed by atoms with E-state index in [9.17, 15) is 27.3 Å². The van der Waals surface area contributed by atoms with Gasteiger partial charge in [-0.3, -0.25) is 10.1 Å². The van der Waals surface area contributed by atoms with Crippen LogP contribution in [0.3, 0.4) is 0 Å². The Morgan fingerprint density at radius 1 is 1.09 bits per heavy atom. The van der Waals surface area contributed by atoms with Crippen LogP contribution in [-0.2, 0) is 16.6 Å². The molecule has 9 heteroatoms. The first kappa shape index (κ1) is 16.0. The van der Waals surface area contributed by atoms with E-state index in [1.165, 1.54) is 24.3 Å². The molecular formula is C13H10F2N2O4S. The third-order valence-corrected chi connectivity index (χ3v) is 4.20. The fourth-order valence-corrected chi connectivity index (χ4v) is 2.70. The first-order chi connectivity index (χ1) is 10.3. The summed E-state index contributed by atoms with van der Waals surface area (Å²) in [5.41, 5.74) is -0.425. The van der Waals surface area contributed by atoms with E-state index in [1.807, 2.05) is 0 Å². The number of halogens is 2. The first-order valence-corrected chi connectivity index (χ1v) is 7.46. The summed E-state index contributed by atoms with van der Waals surface area (Å²) in [6, 6.07) is 7.41. The topological polar surface area (TPSA) is 89.3 Å². The number of nitrogens with one attached hydrogen (secondary N) is 1. The Kier molecular flexibility index (Phi) is 4.48. The van der Waals surface area contributed by atoms with Gasteiger partial charge >= 0.3 is 5.69 Å². The fraction of sp³-hybridized carbons (Fsp3) is 0.0769. The minimum absolute atomic E-state index is 0.131. The molecule has 0 aliphatic rings. The van der Waals surface area contributed by atoms with Gasteiger partial charge in [-0.25, -0.2) is 17.5 Å². The molecular weight excluding hydrogens is 318 g/mol. The molecule has 0 aliphatic carbocycles. The molecule has 1 N–H and O–H groups in total. The summed E-state index contributed by atoms with van der Waals surface area (Å²) in [5, 5.41) is 10.6. The van der Waals surface area contributed by atoms with E-state index in [0.717, 1.165) is 6.07 Å². The smallest absolute Gasteiger partial charge is 0.258 e. The van der Waals surface area contributed by atoms with Crippen LogP contribution in [0.1, 0.15) is 5.56 Å². The number of nitro benzene ring substituents is 1. The summed E-state index contributed by atoms with van der Waals surface area (Å²) in [6.45, 7) is -0.131. The van der Waals surface area contributed by atoms with Gasteiger partial charge in [-0.15, -0.1) is 0 Å². The third-order valence-electron chi connectivity index (χ3n) is 2.80. The number of nitrogens with zero attached hydrogens (tertiary/aromatic N) is 1. The van der Waals surface area contributed by atoms with E-state index in [-0.39, 0.29) is 6.54 Å². The standard InChI is InChI=1S/C13H10F2N2O4S/c14-10-3-1-9(2-4-10)8-16-22(20,21)11-5-6-12(15)13(7-11)17(18)19/h1-7,16H,8H2. The average Bonchev–Trinajstić information content (AvgIpc) is 2.46. The van der Waals surface area contributed by atoms with Crippen molar-refractivity contribution in [2.24, 2.45) is 0 Å². The summed E-state index contributed by atoms with van der Waals surface area (Å²) in [5.74, 6) is -1.58. The molecule has 0 unspecified atom stereocenters. The van der Waals surface area contributed by atoms with Crippen LogP contribution in [0.2, 0.25) is 0 Å². The highest BCUT2D eigenvalue weighted by molar-refractivity contribution is 7.89. The maximum atomic E-state index is 13.2. The number of sulfonamides is 1. The predicted octanol–water partition coefficient (Wildman–Crippen LogP) is 2.35. The van der Waals surface area contributed by atoms with Crippen molar-refractivity contribution in [2.75, 3.05) is 0 Å². The van der Waals surface area contributed by atoms with Crippen molar-refractivity contribution < 1.29 is 22.1 Å². The molecule has 6 nitrogen and oxygen atoms in total. The van der Waals surface area contributed by atoms with Crippen molar-refractivity contribution in [3.05, 3.63) is 69.8 Å². The van der Waals surface area contributed by atoms with Crippen molar-refractivity contribution in [1.82, 2.24) is 4.72 Å². The molecule has 0 radical (unpaired) electrons. The van der Waals surface area contributed by atoms with Gasteiger partial charge in [-0.1, -0.05) is 12.1 Å². The lowest BCUT2D eigenvalue weighted by atomic mass is 10.2. The highest BCUT2D eigenvalue weighted by atomic mass is 32.2. The van der Waals surface area contributed by atoms with Gasteiger partial charge in [-0.05, 0) is 29.8 Å². The fourth-order valence-electron chi connectivity index (χ4n) is 1.66. The maximum absolute atomic E-state index is 13.2. The lowest BCUT2D eigenvalue weighted by Crippen LogP contribution is -2.23. The number of hydrogen-bond acceptors (Lipinski definition) is 4. The summed E-state index contributed by atoms with van der Waals surface area (Å²) < 4.78 is 52.2. The molecule has 22 heavy (non-hydrogen) atoms. The van der Waals surface area contributed by atoms with Crippen molar-refractivity contribution in [1.29, 1.82) is 0 Å². The quantitative estimate of drug-likeness (QED) is 0.674. The zero-order valence-electron chi connectivity index (χ0n) is 11.0. The van der Waals surface area contributed by atoms with Crippen LogP contribution in [0.25, 0.3) is 0 Å². The molecule has 2 rings (SSSR count). The Balaban J connectivity index is 2.21. The molecule has 0 heterocycles. The highest BCUT2D eigenvalue weighted by Gasteiger charge is 2.21. The molecule has 0 saturated heterocycles. The van der Waals surface area contributed by atoms with Crippen molar-refractivity contribution in [3.8, 4) is 0 Å². The van der Waals surface area contributed by atoms with Gasteiger partial charge < -0.3 is 0 Å². The first-order valence-electron chi connectivity index (χ1n) is 5.97. The number of hydrogen-bond donors (Lipinski definition) is 1. The number of benzene rings is 2. The number of nitro groups is 1. The van der Waals surface area contributed by atoms with Gasteiger partial charge in [0.1, 0.15) is 5.82 Å². The molecule has 0 atom stereocenters. The summed E-state index contributed by atoms with van der Waals surface area (Å²) in [4.78, 5) is 9.19. The van der Waals surface area contributed by atoms with Crippen LogP contribution in [0.5, 0.6) is 0 Å². The molecule has 2 aromatic rings. The van der Waals surface area contributed by atoms with E-state index in [4.69, 9.17) is 0 Å². The Hall–Kier alpha value is -2.39. The average molecular weight is 328 g/mol. The molecule has 0 aliphatic heterocycles. The van der Waals surface area contributed by atoms with E-state index in [2.05, 4.69) is 4.72 Å². The van der Waals surface area contributed by atoms with Gasteiger partial charge in [0.25, 0.3) is 0 Å². The zero-order valence-corrected chi connectivity index (χ0v) is 11.8. The second-order valence-corrected chi connectivity index (χ2v) is 6.09. The van der Waals surface area contributed by atoms with Crippen LogP contribution >= 0.6 is 0 Å². The molecule has 2 aromatic carbocycles. The molecule has 0 spiro atoms. The van der Waals surface area contributed by atoms with Gasteiger partial charge in [0.2, 0.25) is 15.8 Å². The Labute approximate surface area is 124 Å². The lowest BCUT2D eigenvalue weighted by Gasteiger charge is -2.07. The van der Waals surface area contributed by atoms with Crippen molar-refractivity contribution >= 4 is 15.7 Å². The monoisotopic (exact) mass is 328 g/mol. The van der Waals surface area contributed by atoms with Crippen LogP contribution in [-0.4, -0.2) is 13.3 Å². The lowest BCUT2D eigenvalue weighted by molar-refractivity contribution is -0.387. The van der Waals surface area contributed by atoms with Gasteiger partial charge in [0.15, 0.2) is 0 Å². The molecule has 0 fully saturated rings. The largest absolute Gasteiger partial charge is 0.306 e. The van der Waals surface area contributed by atoms with Crippen LogP contribution in [0.15, 0.2) is 47.4 Å². The van der Waals surface area contributed by atoms with Crippen LogP contribution in [0, 0.1) is 21.7 Å². The van der Waals surface area contributed by atoms with Gasteiger partial charge in [0.05, 0.1) is 9.82 Å². The minimum Gasteiger partial charge on any atom is -0.258 e. The molecule has 0 aromatic heterocycles. The summed E-state index contributed by atoms with van der Waals surface area (Å²) >= 11 is 0. The number of rotatable bonds is 5. The Morgan fingerprint density at radius 3 is 2.32 bits per heavy atom. The third kappa shape index (κ3) is 3.62. The van der Waals surface area contributed by atoms with Crippen LogP contribution < -0.4 is 4.72 Å². The van der Waals surface area contributed by atoms with Gasteiger partial charge in [-0.2, -0.15) is 4.39 Å². The van der Waals surface area contributed by atoms with E-state index < -0.39 is 37.2 Å². The molecule has 116 valence electrons. The van der Waals surface area contributed by atoms with E-state index in [1.54, 1.807) is 0 Å². The van der Waals surface area contributed by atoms with Crippen molar-refractivity contribution in [3.63, 3.8) is 0 Å². The van der Waals surface area contributed by atoms with E-state index in [0.29, 0.717) is 17.7 Å². The van der Waals surface area contributed by atoms with Gasteiger partial charge in [0, 0.05) is 12.6 Å². The minimum atomic E-state index is -4.06. The summed E-state index contributed by atoms with van der Waals surface area (Å²) in [7, 11) is -4.06. The van der Waals surface area contributed by atoms with Crippen LogP contribution in [0.4, 0.5) is 14.5 Å². The normalized spacial score (nSPS) is 11.4. The second-order valence-electron chi connectivity index (χ2n) is 4.32. The zero-order chi connectivity index (χ0) is 16.3. The van der Waals surface area contributed by atoms with E-state index >= 15 is 0 Å². The molecule has 0 amide bonds. The second kappa shape index (κ2) is 6.16.